The molecule has 8 nitrogen and oxygen atoms in total. The molecule has 0 spiro atoms. The van der Waals surface area contributed by atoms with Gasteiger partial charge in [0, 0.05) is 26.8 Å². The molecule has 1 saturated heterocycles. The Labute approximate surface area is 272 Å². The number of hydrogen-bond donors (Lipinski definition) is 2. The molecule has 3 fully saturated rings. The summed E-state index contributed by atoms with van der Waals surface area (Å²) in [6, 6.07) is 22.1. The van der Waals surface area contributed by atoms with Gasteiger partial charge in [-0.15, -0.1) is 11.8 Å². The Morgan fingerprint density at radius 2 is 1.73 bits per heavy atom. The van der Waals surface area contributed by atoms with Crippen molar-refractivity contribution in [2.24, 2.45) is 29.6 Å². The molecule has 4 aromatic rings. The molecule has 2 saturated carbocycles. The predicted molar refractivity (Wildman–Crippen MR) is 174 cm³/mol. The van der Waals surface area contributed by atoms with E-state index < -0.39 is 0 Å². The van der Waals surface area contributed by atoms with Gasteiger partial charge in [0.1, 0.15) is 5.75 Å². The molecule has 2 aliphatic heterocycles. The van der Waals surface area contributed by atoms with Crippen LogP contribution < -0.4 is 19.8 Å². The third-order valence-corrected chi connectivity index (χ3v) is 12.6. The van der Waals surface area contributed by atoms with Crippen molar-refractivity contribution in [2.45, 2.75) is 29.5 Å². The van der Waals surface area contributed by atoms with Gasteiger partial charge in [-0.25, -0.2) is 0 Å². The zero-order valence-corrected chi connectivity index (χ0v) is 26.5. The third kappa shape index (κ3) is 4.73. The van der Waals surface area contributed by atoms with Crippen LogP contribution in [0.4, 0.5) is 11.4 Å². The molecule has 228 valence electrons. The molecule has 2 aliphatic carbocycles. The van der Waals surface area contributed by atoms with Gasteiger partial charge in [-0.3, -0.25) is 24.1 Å². The van der Waals surface area contributed by atoms with E-state index >= 15 is 0 Å². The first-order valence-electron chi connectivity index (χ1n) is 14.9. The zero-order chi connectivity index (χ0) is 31.0. The summed E-state index contributed by atoms with van der Waals surface area (Å²) in [5, 5.41) is 4.36. The number of nitrogens with one attached hydrogen (secondary N) is 2. The molecule has 8 rings (SSSR count). The largest absolute Gasteiger partial charge is 0.484 e. The maximum atomic E-state index is 13.9. The molecule has 0 radical (unpaired) electrons. The lowest BCUT2D eigenvalue weighted by Crippen LogP contribution is -2.42. The molecule has 7 atom stereocenters. The van der Waals surface area contributed by atoms with Crippen molar-refractivity contribution in [3.63, 3.8) is 0 Å². The van der Waals surface area contributed by atoms with Crippen molar-refractivity contribution >= 4 is 63.8 Å². The number of halogens is 1. The molecule has 2 N–H and O–H groups in total. The van der Waals surface area contributed by atoms with E-state index in [9.17, 15) is 19.2 Å². The number of aromatic amines is 1. The number of benzene rings is 3. The summed E-state index contributed by atoms with van der Waals surface area (Å²) in [4.78, 5) is 58.0. The van der Waals surface area contributed by atoms with Crippen LogP contribution in [0.15, 0.2) is 82.6 Å². The van der Waals surface area contributed by atoms with E-state index in [2.05, 4.69) is 10.3 Å². The molecule has 3 aromatic carbocycles. The summed E-state index contributed by atoms with van der Waals surface area (Å²) in [5.41, 5.74) is 3.35. The lowest BCUT2D eigenvalue weighted by atomic mass is 9.68. The summed E-state index contributed by atoms with van der Waals surface area (Å²) < 4.78 is 5.80. The second-order valence-electron chi connectivity index (χ2n) is 12.2. The van der Waals surface area contributed by atoms with Crippen molar-refractivity contribution < 1.29 is 19.1 Å². The molecule has 45 heavy (non-hydrogen) atoms. The maximum Gasteiger partial charge on any atom is 0.305 e. The Kier molecular flexibility index (Phi) is 6.92. The van der Waals surface area contributed by atoms with Gasteiger partial charge in [-0.1, -0.05) is 47.2 Å². The Balaban J connectivity index is 1.05. The van der Waals surface area contributed by atoms with Crippen LogP contribution in [0, 0.1) is 36.5 Å². The number of carbonyl (C=O) groups is 3. The highest BCUT2D eigenvalue weighted by molar-refractivity contribution is 8.00. The van der Waals surface area contributed by atoms with Crippen molar-refractivity contribution in [3.05, 3.63) is 103 Å². The van der Waals surface area contributed by atoms with Crippen LogP contribution in [-0.2, 0) is 14.4 Å². The number of anilines is 2. The fourth-order valence-corrected chi connectivity index (χ4v) is 11.1. The fraction of sp³-hybridized carbons (Fsp3) is 0.294. The first-order valence-corrected chi connectivity index (χ1v) is 17.0. The minimum Gasteiger partial charge on any atom is -0.484 e. The Morgan fingerprint density at radius 3 is 2.47 bits per heavy atom. The van der Waals surface area contributed by atoms with Crippen molar-refractivity contribution in [2.75, 3.05) is 16.8 Å². The van der Waals surface area contributed by atoms with Gasteiger partial charge in [0.25, 0.3) is 5.91 Å². The minimum absolute atomic E-state index is 0.0165. The topological polar surface area (TPSA) is 109 Å². The number of H-pyrrole nitrogens is 1. The standard InChI is InChI=1S/C34H28ClN3O5S2/c1-16-3-2-4-19(13-16)36-24(39)15-43-21-11-5-17(6-12-21)25-26-22-14-23(29(26)44-31-30(25)45-34(42)37-31)28-27(22)32(40)38(33(28)41)20-9-7-18(35)8-10-20/h2-13,22-23,25-29H,14-15H2,1H3,(H,36,39)(H,37,42)/t22-,23-,25+,26-,27+,28+,29-/m1/s1. The van der Waals surface area contributed by atoms with Gasteiger partial charge in [-0.2, -0.15) is 0 Å². The number of amides is 3. The number of fused-ring (bicyclic) bond motifs is 9. The maximum absolute atomic E-state index is 13.9. The summed E-state index contributed by atoms with van der Waals surface area (Å²) in [6.07, 6.45) is 0.816. The van der Waals surface area contributed by atoms with Crippen LogP contribution in [0.3, 0.4) is 0 Å². The molecule has 11 heteroatoms. The summed E-state index contributed by atoms with van der Waals surface area (Å²) >= 11 is 8.97. The number of nitrogens with zero attached hydrogens (tertiary/aromatic N) is 1. The Morgan fingerprint density at radius 1 is 1.00 bits per heavy atom. The van der Waals surface area contributed by atoms with Crippen molar-refractivity contribution in [3.8, 4) is 5.75 Å². The molecule has 0 unspecified atom stereocenters. The number of rotatable bonds is 6. The number of thioether (sulfide) groups is 1. The van der Waals surface area contributed by atoms with Crippen LogP contribution in [0.5, 0.6) is 5.75 Å². The molecule has 3 amide bonds. The first-order chi connectivity index (χ1) is 21.8. The van der Waals surface area contributed by atoms with E-state index in [0.29, 0.717) is 16.5 Å². The lowest BCUT2D eigenvalue weighted by Gasteiger charge is -2.43. The normalized spacial score (nSPS) is 27.7. The molecule has 2 bridgehead atoms. The minimum atomic E-state index is -0.380. The molecule has 1 aromatic heterocycles. The van der Waals surface area contributed by atoms with Gasteiger partial charge in [-0.05, 0) is 90.8 Å². The summed E-state index contributed by atoms with van der Waals surface area (Å²) in [7, 11) is 0. The van der Waals surface area contributed by atoms with E-state index in [4.69, 9.17) is 16.3 Å². The average molecular weight is 658 g/mol. The molecular formula is C34H28ClN3O5S2. The van der Waals surface area contributed by atoms with E-state index in [1.54, 1.807) is 36.0 Å². The summed E-state index contributed by atoms with van der Waals surface area (Å²) in [5.74, 6) is -0.651. The fourth-order valence-electron chi connectivity index (χ4n) is 8.07. The number of thiazole rings is 1. The SMILES string of the molecule is Cc1cccc(NC(=O)COc2ccc([C@@H]3c4sc(=O)[nH]c4S[C@@H]4[C@@H]5C[C@@H]([C@@H]6C(=O)N(c7ccc(Cl)cc7)C(=O)[C@@H]56)[C@H]34)cc2)c1. The van der Waals surface area contributed by atoms with Gasteiger partial charge in [0.05, 0.1) is 22.5 Å². The molecule has 4 aliphatic rings. The van der Waals surface area contributed by atoms with Crippen LogP contribution in [-0.4, -0.2) is 34.6 Å². The van der Waals surface area contributed by atoms with Crippen LogP contribution >= 0.6 is 34.7 Å². The predicted octanol–water partition coefficient (Wildman–Crippen LogP) is 6.09. The van der Waals surface area contributed by atoms with Gasteiger partial charge >= 0.3 is 4.87 Å². The highest BCUT2D eigenvalue weighted by Gasteiger charge is 2.69. The van der Waals surface area contributed by atoms with E-state index in [0.717, 1.165) is 33.1 Å². The monoisotopic (exact) mass is 657 g/mol. The highest BCUT2D eigenvalue weighted by Crippen LogP contribution is 2.68. The van der Waals surface area contributed by atoms with E-state index in [1.807, 2.05) is 55.5 Å². The second-order valence-corrected chi connectivity index (χ2v) is 14.9. The first kappa shape index (κ1) is 28.6. The Hall–Kier alpha value is -3.86. The Bertz CT molecular complexity index is 1910. The quantitative estimate of drug-likeness (QED) is 0.243. The van der Waals surface area contributed by atoms with Gasteiger partial charge in [0.2, 0.25) is 11.8 Å². The van der Waals surface area contributed by atoms with Gasteiger partial charge < -0.3 is 15.0 Å². The number of imide groups is 1. The van der Waals surface area contributed by atoms with Crippen LogP contribution in [0.2, 0.25) is 5.02 Å². The lowest BCUT2D eigenvalue weighted by molar-refractivity contribution is -0.123. The van der Waals surface area contributed by atoms with E-state index in [-0.39, 0.29) is 70.0 Å². The number of aromatic nitrogens is 1. The third-order valence-electron chi connectivity index (χ3n) is 9.72. The van der Waals surface area contributed by atoms with Crippen molar-refractivity contribution in [1.29, 1.82) is 0 Å². The highest BCUT2D eigenvalue weighted by atomic mass is 35.5. The van der Waals surface area contributed by atoms with E-state index in [1.165, 1.54) is 16.2 Å². The van der Waals surface area contributed by atoms with Gasteiger partial charge in [0.15, 0.2) is 6.61 Å². The molecule has 3 heterocycles. The zero-order valence-electron chi connectivity index (χ0n) is 24.1. The average Bonchev–Trinajstić information content (AvgIpc) is 3.76. The number of ether oxygens (including phenoxy) is 1. The number of carbonyl (C=O) groups excluding carboxylic acids is 3. The van der Waals surface area contributed by atoms with Crippen molar-refractivity contribution in [1.82, 2.24) is 4.98 Å². The number of hydrogen-bond acceptors (Lipinski definition) is 7. The summed E-state index contributed by atoms with van der Waals surface area (Å²) in [6.45, 7) is 1.83. The number of aryl methyl sites for hydroxylation is 1. The molecular weight excluding hydrogens is 630 g/mol. The van der Waals surface area contributed by atoms with Crippen LogP contribution in [0.1, 0.15) is 28.3 Å². The van der Waals surface area contributed by atoms with Crippen LogP contribution in [0.25, 0.3) is 0 Å². The second kappa shape index (κ2) is 10.9. The smallest absolute Gasteiger partial charge is 0.305 e.